The Hall–Kier alpha value is -12.7. The molecule has 0 aliphatic rings. The van der Waals surface area contributed by atoms with Gasteiger partial charge in [0.1, 0.15) is 0 Å². The van der Waals surface area contributed by atoms with Gasteiger partial charge in [-0.3, -0.25) is 0 Å². The third-order valence-corrected chi connectivity index (χ3v) is 21.6. The van der Waals surface area contributed by atoms with E-state index in [2.05, 4.69) is 306 Å². The van der Waals surface area contributed by atoms with Gasteiger partial charge < -0.3 is 27.4 Å². The van der Waals surface area contributed by atoms with E-state index in [1.807, 2.05) is 6.08 Å². The van der Waals surface area contributed by atoms with Crippen molar-refractivity contribution in [1.82, 2.24) is 27.4 Å². The van der Waals surface area contributed by atoms with Gasteiger partial charge in [-0.2, -0.15) is 5.26 Å². The van der Waals surface area contributed by atoms with Gasteiger partial charge in [-0.25, -0.2) is 8.42 Å². The SMILES string of the molecule is C=C(/C=C(\C=C(/C)S(=O)(=O)c1ccc(C#N)cc1)n1c2ccc3c(c4ccccc4n3-c3ccccc3)c2c2c3c4ccccc4n(-c4ccccc4)c3ccc21)n1c2ccc3c(c4ccccc4n3-c3ccccc3)c2c2c3c4ccccc4n(-c4ccccc4)c3ccc21. The largest absolute Gasteiger partial charge is 0.310 e. The summed E-state index contributed by atoms with van der Waals surface area (Å²) in [6.45, 7) is 6.82. The second kappa shape index (κ2) is 20.9. The zero-order valence-electron chi connectivity index (χ0n) is 51.9. The number of allylic oxidation sites excluding steroid dienone is 5. The lowest BCUT2D eigenvalue weighted by Gasteiger charge is -2.15. The first kappa shape index (κ1) is 55.0. The molecule has 0 bridgehead atoms. The molecule has 10 heteroatoms. The van der Waals surface area contributed by atoms with Crippen LogP contribution in [0.2, 0.25) is 0 Å². The summed E-state index contributed by atoms with van der Waals surface area (Å²) in [5, 5.41) is 22.8. The fourth-order valence-electron chi connectivity index (χ4n) is 15.8. The number of nitriles is 1. The van der Waals surface area contributed by atoms with Crippen molar-refractivity contribution in [3.63, 3.8) is 0 Å². The van der Waals surface area contributed by atoms with Crippen molar-refractivity contribution in [1.29, 1.82) is 5.26 Å². The standard InChI is InChI=1S/C86H55N7O2S/c1-54(88-75-47-43-71-79(63-31-15-19-35-67(63)89(71)57-23-7-3-8-24-57)83(75)84-76(88)48-44-72-80(84)64-32-16-20-36-68(64)90(72)58-25-9-4-10-26-58)51-61(52-55(2)96(94,95)62-41-39-56(53-87)40-42-62)93-77-49-45-73-81(65-33-17-21-37-69(65)91(73)59-27-11-5-12-28-59)85(77)86-78(93)50-46-74-82(86)66-34-18-22-38-70(66)92(74)60-29-13-6-14-30-60/h3-52H,1H2,2H3/b55-52+,61-51+. The molecule has 19 rings (SSSR count). The molecule has 0 aliphatic carbocycles. The second-order valence-corrected chi connectivity index (χ2v) is 26.9. The number of sulfone groups is 1. The van der Waals surface area contributed by atoms with Crippen LogP contribution in [0.5, 0.6) is 0 Å². The van der Waals surface area contributed by atoms with E-state index in [-0.39, 0.29) is 9.80 Å². The maximum atomic E-state index is 15.4. The zero-order valence-corrected chi connectivity index (χ0v) is 52.7. The Kier molecular flexibility index (Phi) is 12.0. The van der Waals surface area contributed by atoms with Crippen molar-refractivity contribution in [2.24, 2.45) is 0 Å². The quantitative estimate of drug-likeness (QED) is 0.128. The molecule has 0 radical (unpaired) electrons. The van der Waals surface area contributed by atoms with Crippen LogP contribution in [0.1, 0.15) is 12.5 Å². The summed E-state index contributed by atoms with van der Waals surface area (Å²) in [6.07, 6.45) is 3.90. The molecule has 0 aliphatic heterocycles. The number of benzene rings is 13. The van der Waals surface area contributed by atoms with Crippen molar-refractivity contribution in [2.45, 2.75) is 11.8 Å². The molecule has 9 nitrogen and oxygen atoms in total. The van der Waals surface area contributed by atoms with E-state index in [9.17, 15) is 5.26 Å². The van der Waals surface area contributed by atoms with Crippen LogP contribution in [0, 0.1) is 11.3 Å². The smallest absolute Gasteiger partial charge is 0.202 e. The normalized spacial score (nSPS) is 12.7. The van der Waals surface area contributed by atoms with Crippen LogP contribution in [-0.2, 0) is 9.84 Å². The number of fused-ring (bicyclic) bond motifs is 22. The van der Waals surface area contributed by atoms with E-state index in [1.165, 1.54) is 12.1 Å². The maximum absolute atomic E-state index is 15.4. The lowest BCUT2D eigenvalue weighted by Crippen LogP contribution is -2.05. The number of para-hydroxylation sites is 8. The highest BCUT2D eigenvalue weighted by atomic mass is 32.2. The Labute approximate surface area is 550 Å². The van der Waals surface area contributed by atoms with Crippen LogP contribution in [-0.4, -0.2) is 35.8 Å². The zero-order chi connectivity index (χ0) is 64.1. The fourth-order valence-corrected chi connectivity index (χ4v) is 17.0. The van der Waals surface area contributed by atoms with Crippen LogP contribution < -0.4 is 0 Å². The molecule has 0 N–H and O–H groups in total. The fraction of sp³-hybridized carbons (Fsp3) is 0.0116. The summed E-state index contributed by atoms with van der Waals surface area (Å²) in [7, 11) is -4.18. The van der Waals surface area contributed by atoms with Crippen molar-refractivity contribution < 1.29 is 8.42 Å². The lowest BCUT2D eigenvalue weighted by atomic mass is 10.0. The van der Waals surface area contributed by atoms with E-state index in [4.69, 9.17) is 6.58 Å². The average Bonchev–Trinajstić information content (AvgIpc) is 1.53. The highest BCUT2D eigenvalue weighted by molar-refractivity contribution is 7.95. The number of nitrogens with zero attached hydrogens (tertiary/aromatic N) is 7. The minimum absolute atomic E-state index is 0.0845. The number of rotatable bonds is 10. The average molecular weight is 1250 g/mol. The van der Waals surface area contributed by atoms with Gasteiger partial charge in [0, 0.05) is 104 Å². The van der Waals surface area contributed by atoms with Crippen LogP contribution in [0.3, 0.4) is 0 Å². The van der Waals surface area contributed by atoms with E-state index < -0.39 is 9.84 Å². The van der Waals surface area contributed by atoms with E-state index in [0.29, 0.717) is 17.0 Å². The molecule has 13 aromatic carbocycles. The first-order chi connectivity index (χ1) is 47.2. The summed E-state index contributed by atoms with van der Waals surface area (Å²) < 4.78 is 44.8. The first-order valence-electron chi connectivity index (χ1n) is 32.2. The Morgan fingerprint density at radius 3 is 0.917 bits per heavy atom. The van der Waals surface area contributed by atoms with Crippen LogP contribution in [0.25, 0.3) is 165 Å². The Bertz CT molecular complexity index is 6430. The van der Waals surface area contributed by atoms with Gasteiger partial charge in [-0.15, -0.1) is 0 Å². The van der Waals surface area contributed by atoms with Crippen LogP contribution in [0.4, 0.5) is 0 Å². The Morgan fingerprint density at radius 1 is 0.323 bits per heavy atom. The van der Waals surface area contributed by atoms with E-state index in [1.54, 1.807) is 19.1 Å². The molecule has 0 fully saturated rings. The third-order valence-electron chi connectivity index (χ3n) is 19.7. The predicted octanol–water partition coefficient (Wildman–Crippen LogP) is 21.6. The molecule has 96 heavy (non-hydrogen) atoms. The summed E-state index contributed by atoms with van der Waals surface area (Å²) in [4.78, 5) is 0.194. The van der Waals surface area contributed by atoms with Gasteiger partial charge in [-0.05, 0) is 165 Å². The molecule has 19 aromatic rings. The molecule has 6 heterocycles. The van der Waals surface area contributed by atoms with Crippen molar-refractivity contribution in [3.05, 3.63) is 320 Å². The van der Waals surface area contributed by atoms with Gasteiger partial charge in [0.05, 0.1) is 82.7 Å². The van der Waals surface area contributed by atoms with Gasteiger partial charge in [0.15, 0.2) is 0 Å². The molecule has 0 unspecified atom stereocenters. The van der Waals surface area contributed by atoms with Gasteiger partial charge in [-0.1, -0.05) is 152 Å². The molecule has 0 saturated carbocycles. The molecule has 0 amide bonds. The number of aromatic nitrogens is 6. The molecule has 452 valence electrons. The highest BCUT2D eigenvalue weighted by Crippen LogP contribution is 2.50. The third kappa shape index (κ3) is 7.80. The molecule has 0 spiro atoms. The maximum Gasteiger partial charge on any atom is 0.202 e. The first-order valence-corrected chi connectivity index (χ1v) is 33.6. The highest BCUT2D eigenvalue weighted by Gasteiger charge is 2.29. The Morgan fingerprint density at radius 2 is 0.604 bits per heavy atom. The van der Waals surface area contributed by atoms with Crippen LogP contribution in [0.15, 0.2) is 320 Å². The number of hydrogen-bond donors (Lipinski definition) is 0. The molecular weight excluding hydrogens is 1200 g/mol. The Balaban J connectivity index is 0.975. The van der Waals surface area contributed by atoms with Gasteiger partial charge in [0.2, 0.25) is 9.84 Å². The lowest BCUT2D eigenvalue weighted by molar-refractivity contribution is 0.602. The summed E-state index contributed by atoms with van der Waals surface area (Å²) in [6, 6.07) is 103. The monoisotopic (exact) mass is 1250 g/mol. The van der Waals surface area contributed by atoms with Gasteiger partial charge >= 0.3 is 0 Å². The summed E-state index contributed by atoms with van der Waals surface area (Å²) >= 11 is 0. The van der Waals surface area contributed by atoms with E-state index in [0.717, 1.165) is 154 Å². The predicted molar refractivity (Wildman–Crippen MR) is 398 cm³/mol. The van der Waals surface area contributed by atoms with Crippen molar-refractivity contribution in [2.75, 3.05) is 0 Å². The summed E-state index contributed by atoms with van der Waals surface area (Å²) in [5.41, 5.74) is 17.9. The minimum Gasteiger partial charge on any atom is -0.310 e. The second-order valence-electron chi connectivity index (χ2n) is 24.8. The minimum atomic E-state index is -4.18. The molecule has 6 aromatic heterocycles. The van der Waals surface area contributed by atoms with Crippen molar-refractivity contribution in [3.8, 4) is 28.8 Å². The van der Waals surface area contributed by atoms with Gasteiger partial charge in [0.25, 0.3) is 0 Å². The van der Waals surface area contributed by atoms with Crippen molar-refractivity contribution >= 4 is 152 Å². The van der Waals surface area contributed by atoms with E-state index >= 15 is 8.42 Å². The molecule has 0 saturated heterocycles. The number of hydrogen-bond acceptors (Lipinski definition) is 3. The topological polar surface area (TPSA) is 87.5 Å². The summed E-state index contributed by atoms with van der Waals surface area (Å²) in [5.74, 6) is 0. The molecular formula is C86H55N7O2S. The molecule has 0 atom stereocenters. The van der Waals surface area contributed by atoms with Crippen LogP contribution >= 0.6 is 0 Å².